The van der Waals surface area contributed by atoms with Gasteiger partial charge in [0.05, 0.1) is 6.10 Å². The van der Waals surface area contributed by atoms with Crippen molar-refractivity contribution in [2.45, 2.75) is 57.6 Å². The lowest BCUT2D eigenvalue weighted by Gasteiger charge is -2.35. The number of aliphatic hydroxyl groups is 1. The highest BCUT2D eigenvalue weighted by molar-refractivity contribution is 4.81. The van der Waals surface area contributed by atoms with Gasteiger partial charge in [0.1, 0.15) is 0 Å². The quantitative estimate of drug-likeness (QED) is 0.804. The van der Waals surface area contributed by atoms with E-state index in [9.17, 15) is 5.11 Å². The summed E-state index contributed by atoms with van der Waals surface area (Å²) in [7, 11) is 2.23. The number of likely N-dealkylation sites (tertiary alicyclic amines) is 1. The second-order valence-corrected chi connectivity index (χ2v) is 6.55. The number of nitrogens with zero attached hydrogens (tertiary/aromatic N) is 1. The van der Waals surface area contributed by atoms with Gasteiger partial charge in [-0.15, -0.1) is 0 Å². The standard InChI is InChI=1S/C15H30N2O/c1-12(14-6-4-8-17(2)11-14)16-10-13-5-3-7-15(18)9-13/h12-16,18H,3-11H2,1-2H3. The summed E-state index contributed by atoms with van der Waals surface area (Å²) < 4.78 is 0. The Hall–Kier alpha value is -0.120. The number of hydrogen-bond donors (Lipinski definition) is 2. The molecular formula is C15H30N2O. The lowest BCUT2D eigenvalue weighted by molar-refractivity contribution is 0.0972. The van der Waals surface area contributed by atoms with Crippen LogP contribution in [0.25, 0.3) is 0 Å². The van der Waals surface area contributed by atoms with Crippen LogP contribution in [0.5, 0.6) is 0 Å². The largest absolute Gasteiger partial charge is 0.393 e. The van der Waals surface area contributed by atoms with Crippen molar-refractivity contribution in [2.24, 2.45) is 11.8 Å². The van der Waals surface area contributed by atoms with Crippen molar-refractivity contribution in [3.63, 3.8) is 0 Å². The molecule has 2 fully saturated rings. The number of piperidine rings is 1. The summed E-state index contributed by atoms with van der Waals surface area (Å²) in [5.41, 5.74) is 0. The fourth-order valence-corrected chi connectivity index (χ4v) is 3.58. The van der Waals surface area contributed by atoms with Gasteiger partial charge < -0.3 is 15.3 Å². The van der Waals surface area contributed by atoms with Crippen molar-refractivity contribution in [1.82, 2.24) is 10.2 Å². The molecule has 2 rings (SSSR count). The Balaban J connectivity index is 1.68. The molecule has 4 atom stereocenters. The van der Waals surface area contributed by atoms with Crippen LogP contribution in [-0.2, 0) is 0 Å². The molecule has 4 unspecified atom stereocenters. The highest BCUT2D eigenvalue weighted by atomic mass is 16.3. The number of nitrogens with one attached hydrogen (secondary N) is 1. The highest BCUT2D eigenvalue weighted by Gasteiger charge is 2.24. The zero-order valence-electron chi connectivity index (χ0n) is 12.1. The zero-order chi connectivity index (χ0) is 13.0. The Morgan fingerprint density at radius 2 is 2.11 bits per heavy atom. The summed E-state index contributed by atoms with van der Waals surface area (Å²) in [4.78, 5) is 2.46. The Morgan fingerprint density at radius 1 is 1.28 bits per heavy atom. The van der Waals surface area contributed by atoms with E-state index in [1.165, 1.54) is 38.8 Å². The normalized spacial score (nSPS) is 36.5. The topological polar surface area (TPSA) is 35.5 Å². The number of hydrogen-bond acceptors (Lipinski definition) is 3. The van der Waals surface area contributed by atoms with E-state index < -0.39 is 0 Å². The monoisotopic (exact) mass is 254 g/mol. The van der Waals surface area contributed by atoms with E-state index in [-0.39, 0.29) is 6.10 Å². The van der Waals surface area contributed by atoms with Gasteiger partial charge in [0.15, 0.2) is 0 Å². The lowest BCUT2D eigenvalue weighted by Crippen LogP contribution is -2.44. The molecule has 1 saturated heterocycles. The average molecular weight is 254 g/mol. The van der Waals surface area contributed by atoms with Crippen molar-refractivity contribution in [3.8, 4) is 0 Å². The van der Waals surface area contributed by atoms with Crippen molar-refractivity contribution in [3.05, 3.63) is 0 Å². The van der Waals surface area contributed by atoms with Gasteiger partial charge in [-0.25, -0.2) is 0 Å². The second kappa shape index (κ2) is 6.88. The predicted octanol–water partition coefficient (Wildman–Crippen LogP) is 1.86. The van der Waals surface area contributed by atoms with E-state index in [0.29, 0.717) is 12.0 Å². The van der Waals surface area contributed by atoms with E-state index >= 15 is 0 Å². The molecule has 2 aliphatic rings. The average Bonchev–Trinajstić information content (AvgIpc) is 2.36. The van der Waals surface area contributed by atoms with Crippen molar-refractivity contribution in [2.75, 3.05) is 26.7 Å². The van der Waals surface area contributed by atoms with Gasteiger partial charge in [0.2, 0.25) is 0 Å². The van der Waals surface area contributed by atoms with Gasteiger partial charge in [-0.3, -0.25) is 0 Å². The summed E-state index contributed by atoms with van der Waals surface area (Å²) in [6.07, 6.45) is 7.18. The van der Waals surface area contributed by atoms with Gasteiger partial charge in [0, 0.05) is 12.6 Å². The molecule has 1 aliphatic carbocycles. The maximum atomic E-state index is 9.69. The predicted molar refractivity (Wildman–Crippen MR) is 75.7 cm³/mol. The van der Waals surface area contributed by atoms with Gasteiger partial charge in [0.25, 0.3) is 0 Å². The van der Waals surface area contributed by atoms with Crippen molar-refractivity contribution in [1.29, 1.82) is 0 Å². The first-order valence-electron chi connectivity index (χ1n) is 7.75. The van der Waals surface area contributed by atoms with Crippen LogP contribution in [0.4, 0.5) is 0 Å². The summed E-state index contributed by atoms with van der Waals surface area (Å²) in [5.74, 6) is 1.50. The molecule has 0 aromatic carbocycles. The highest BCUT2D eigenvalue weighted by Crippen LogP contribution is 2.24. The summed E-state index contributed by atoms with van der Waals surface area (Å²) >= 11 is 0. The van der Waals surface area contributed by atoms with Crippen LogP contribution in [0, 0.1) is 11.8 Å². The van der Waals surface area contributed by atoms with E-state index in [0.717, 1.165) is 25.3 Å². The van der Waals surface area contributed by atoms with Crippen LogP contribution in [0.3, 0.4) is 0 Å². The van der Waals surface area contributed by atoms with Crippen LogP contribution < -0.4 is 5.32 Å². The van der Waals surface area contributed by atoms with Crippen molar-refractivity contribution >= 4 is 0 Å². The molecule has 0 radical (unpaired) electrons. The van der Waals surface area contributed by atoms with Crippen LogP contribution >= 0.6 is 0 Å². The summed E-state index contributed by atoms with van der Waals surface area (Å²) in [6, 6.07) is 0.617. The first-order valence-corrected chi connectivity index (χ1v) is 7.75. The van der Waals surface area contributed by atoms with Crippen molar-refractivity contribution < 1.29 is 5.11 Å². The molecule has 0 spiro atoms. The molecule has 2 N–H and O–H groups in total. The van der Waals surface area contributed by atoms with Gasteiger partial charge in [-0.2, -0.15) is 0 Å². The zero-order valence-corrected chi connectivity index (χ0v) is 12.1. The molecule has 1 heterocycles. The summed E-state index contributed by atoms with van der Waals surface area (Å²) in [5, 5.41) is 13.4. The molecule has 106 valence electrons. The van der Waals surface area contributed by atoms with Gasteiger partial charge in [-0.05, 0) is 71.0 Å². The van der Waals surface area contributed by atoms with E-state index in [1.807, 2.05) is 0 Å². The van der Waals surface area contributed by atoms with Crippen LogP contribution in [-0.4, -0.2) is 48.8 Å². The Bertz CT molecular complexity index is 247. The Kier molecular flexibility index (Phi) is 5.46. The van der Waals surface area contributed by atoms with Crippen LogP contribution in [0.15, 0.2) is 0 Å². The van der Waals surface area contributed by atoms with E-state index in [2.05, 4.69) is 24.2 Å². The minimum atomic E-state index is -0.0401. The molecule has 3 nitrogen and oxygen atoms in total. The molecule has 0 amide bonds. The molecule has 0 bridgehead atoms. The molecule has 1 saturated carbocycles. The first-order chi connectivity index (χ1) is 8.65. The molecule has 1 aliphatic heterocycles. The van der Waals surface area contributed by atoms with E-state index in [1.54, 1.807) is 0 Å². The maximum Gasteiger partial charge on any atom is 0.0543 e. The summed E-state index contributed by atoms with van der Waals surface area (Å²) in [6.45, 7) is 5.93. The molecule has 0 aromatic rings. The molecule has 18 heavy (non-hydrogen) atoms. The number of rotatable bonds is 4. The van der Waals surface area contributed by atoms with E-state index in [4.69, 9.17) is 0 Å². The molecule has 0 aromatic heterocycles. The van der Waals surface area contributed by atoms with Crippen LogP contribution in [0.1, 0.15) is 45.4 Å². The van der Waals surface area contributed by atoms with Gasteiger partial charge >= 0.3 is 0 Å². The first kappa shape index (κ1) is 14.3. The third-order valence-corrected chi connectivity index (χ3v) is 4.85. The fraction of sp³-hybridized carbons (Fsp3) is 1.00. The van der Waals surface area contributed by atoms with Gasteiger partial charge in [-0.1, -0.05) is 6.42 Å². The minimum Gasteiger partial charge on any atom is -0.393 e. The minimum absolute atomic E-state index is 0.0401. The lowest BCUT2D eigenvalue weighted by atomic mass is 9.86. The number of aliphatic hydroxyl groups excluding tert-OH is 1. The third-order valence-electron chi connectivity index (χ3n) is 4.85. The molecular weight excluding hydrogens is 224 g/mol. The second-order valence-electron chi connectivity index (χ2n) is 6.55. The Labute approximate surface area is 112 Å². The smallest absolute Gasteiger partial charge is 0.0543 e. The van der Waals surface area contributed by atoms with Crippen LogP contribution in [0.2, 0.25) is 0 Å². The maximum absolute atomic E-state index is 9.69. The Morgan fingerprint density at radius 3 is 2.83 bits per heavy atom. The molecule has 3 heteroatoms. The fourth-order valence-electron chi connectivity index (χ4n) is 3.58. The SMILES string of the molecule is CC(NCC1CCCC(O)C1)C1CCCN(C)C1. The third kappa shape index (κ3) is 4.22.